The maximum atomic E-state index is 11.9. The molecule has 1 amide bonds. The second-order valence-corrected chi connectivity index (χ2v) is 5.76. The number of carbonyl (C=O) groups excluding carboxylic acids is 1. The second-order valence-electron chi connectivity index (χ2n) is 5.76. The van der Waals surface area contributed by atoms with Gasteiger partial charge in [0.15, 0.2) is 6.10 Å². The third-order valence-electron chi connectivity index (χ3n) is 3.99. The van der Waals surface area contributed by atoms with Gasteiger partial charge in [-0.15, -0.1) is 0 Å². The number of ether oxygens (including phenoxy) is 1. The van der Waals surface area contributed by atoms with Crippen LogP contribution in [-0.4, -0.2) is 18.6 Å². The molecule has 0 fully saturated rings. The van der Waals surface area contributed by atoms with Crippen molar-refractivity contribution < 1.29 is 9.53 Å². The Morgan fingerprint density at radius 1 is 1.52 bits per heavy atom. The molecule has 0 radical (unpaired) electrons. The molecular formula is C17H26N2O2. The van der Waals surface area contributed by atoms with Gasteiger partial charge in [-0.25, -0.2) is 0 Å². The SMILES string of the molecule is CCCCNC(=O)C(C)Oc1ccc2c(c1)[C@H](N)CCC2. The van der Waals surface area contributed by atoms with Crippen LogP contribution in [0.5, 0.6) is 5.75 Å². The second kappa shape index (κ2) is 7.46. The average molecular weight is 290 g/mol. The van der Waals surface area contributed by atoms with Crippen molar-refractivity contribution in [2.24, 2.45) is 5.73 Å². The summed E-state index contributed by atoms with van der Waals surface area (Å²) in [4.78, 5) is 11.9. The van der Waals surface area contributed by atoms with Crippen LogP contribution in [0.4, 0.5) is 0 Å². The Morgan fingerprint density at radius 3 is 3.10 bits per heavy atom. The van der Waals surface area contributed by atoms with E-state index >= 15 is 0 Å². The van der Waals surface area contributed by atoms with Crippen LogP contribution < -0.4 is 15.8 Å². The Labute approximate surface area is 127 Å². The fourth-order valence-corrected chi connectivity index (χ4v) is 2.68. The van der Waals surface area contributed by atoms with E-state index in [4.69, 9.17) is 10.5 Å². The standard InChI is InChI=1S/C17H26N2O2/c1-3-4-10-19-17(20)12(2)21-14-9-8-13-6-5-7-16(18)15(13)11-14/h8-9,11-12,16H,3-7,10,18H2,1-2H3,(H,19,20)/t12?,16-/m1/s1. The van der Waals surface area contributed by atoms with E-state index in [2.05, 4.69) is 18.3 Å². The average Bonchev–Trinajstić information content (AvgIpc) is 2.48. The molecule has 0 heterocycles. The molecule has 1 unspecified atom stereocenters. The van der Waals surface area contributed by atoms with Gasteiger partial charge < -0.3 is 15.8 Å². The highest BCUT2D eigenvalue weighted by atomic mass is 16.5. The van der Waals surface area contributed by atoms with Crippen LogP contribution in [0.15, 0.2) is 18.2 Å². The molecule has 4 nitrogen and oxygen atoms in total. The van der Waals surface area contributed by atoms with E-state index in [9.17, 15) is 4.79 Å². The molecular weight excluding hydrogens is 264 g/mol. The lowest BCUT2D eigenvalue weighted by molar-refractivity contribution is -0.127. The van der Waals surface area contributed by atoms with Gasteiger partial charge in [-0.2, -0.15) is 0 Å². The molecule has 4 heteroatoms. The molecule has 0 aromatic heterocycles. The lowest BCUT2D eigenvalue weighted by Crippen LogP contribution is -2.36. The van der Waals surface area contributed by atoms with Crippen molar-refractivity contribution in [2.45, 2.75) is 58.1 Å². The predicted molar refractivity (Wildman–Crippen MR) is 84.3 cm³/mol. The molecule has 1 aromatic carbocycles. The molecule has 1 aromatic rings. The molecule has 0 saturated heterocycles. The predicted octanol–water partition coefficient (Wildman–Crippen LogP) is 2.71. The van der Waals surface area contributed by atoms with Crippen LogP contribution in [0.2, 0.25) is 0 Å². The Bertz CT molecular complexity index is 488. The fourth-order valence-electron chi connectivity index (χ4n) is 2.68. The number of rotatable bonds is 6. The molecule has 1 aliphatic rings. The van der Waals surface area contributed by atoms with Gasteiger partial charge in [0, 0.05) is 12.6 Å². The topological polar surface area (TPSA) is 64.3 Å². The first kappa shape index (κ1) is 15.8. The zero-order chi connectivity index (χ0) is 15.2. The molecule has 2 atom stereocenters. The number of nitrogens with one attached hydrogen (secondary N) is 1. The molecule has 1 aliphatic carbocycles. The van der Waals surface area contributed by atoms with Gasteiger partial charge in [-0.05, 0) is 55.9 Å². The summed E-state index contributed by atoms with van der Waals surface area (Å²) in [5.41, 5.74) is 8.62. The zero-order valence-corrected chi connectivity index (χ0v) is 13.0. The number of unbranched alkanes of at least 4 members (excludes halogenated alkanes) is 1. The van der Waals surface area contributed by atoms with Crippen molar-refractivity contribution in [1.82, 2.24) is 5.32 Å². The van der Waals surface area contributed by atoms with Crippen molar-refractivity contribution in [2.75, 3.05) is 6.54 Å². The molecule has 3 N–H and O–H groups in total. The van der Waals surface area contributed by atoms with Crippen LogP contribution in [0.1, 0.15) is 56.7 Å². The van der Waals surface area contributed by atoms with Gasteiger partial charge in [0.25, 0.3) is 5.91 Å². The Morgan fingerprint density at radius 2 is 2.33 bits per heavy atom. The Kier molecular flexibility index (Phi) is 5.62. The van der Waals surface area contributed by atoms with E-state index in [1.54, 1.807) is 6.92 Å². The monoisotopic (exact) mass is 290 g/mol. The van der Waals surface area contributed by atoms with Crippen molar-refractivity contribution in [3.05, 3.63) is 29.3 Å². The van der Waals surface area contributed by atoms with E-state index in [0.29, 0.717) is 6.54 Å². The maximum absolute atomic E-state index is 11.9. The summed E-state index contributed by atoms with van der Waals surface area (Å²) in [7, 11) is 0. The van der Waals surface area contributed by atoms with Crippen LogP contribution in [-0.2, 0) is 11.2 Å². The van der Waals surface area contributed by atoms with E-state index in [1.165, 1.54) is 5.56 Å². The van der Waals surface area contributed by atoms with Gasteiger partial charge in [0.05, 0.1) is 0 Å². The van der Waals surface area contributed by atoms with Crippen molar-refractivity contribution >= 4 is 5.91 Å². The summed E-state index contributed by atoms with van der Waals surface area (Å²) in [5, 5.41) is 2.89. The first-order valence-electron chi connectivity index (χ1n) is 7.94. The minimum absolute atomic E-state index is 0.0644. The van der Waals surface area contributed by atoms with E-state index in [-0.39, 0.29) is 11.9 Å². The number of aryl methyl sites for hydroxylation is 1. The first-order valence-corrected chi connectivity index (χ1v) is 7.94. The molecule has 0 spiro atoms. The highest BCUT2D eigenvalue weighted by Gasteiger charge is 2.19. The molecule has 2 rings (SSSR count). The smallest absolute Gasteiger partial charge is 0.260 e. The lowest BCUT2D eigenvalue weighted by Gasteiger charge is -2.23. The van der Waals surface area contributed by atoms with Gasteiger partial charge >= 0.3 is 0 Å². The highest BCUT2D eigenvalue weighted by Crippen LogP contribution is 2.31. The van der Waals surface area contributed by atoms with Gasteiger partial charge in [-0.1, -0.05) is 19.4 Å². The molecule has 0 aliphatic heterocycles. The van der Waals surface area contributed by atoms with E-state index in [1.807, 2.05) is 12.1 Å². The minimum Gasteiger partial charge on any atom is -0.481 e. The van der Waals surface area contributed by atoms with Crippen LogP contribution in [0.3, 0.4) is 0 Å². The molecule has 0 bridgehead atoms. The summed E-state index contributed by atoms with van der Waals surface area (Å²) in [5.74, 6) is 0.662. The summed E-state index contributed by atoms with van der Waals surface area (Å²) < 4.78 is 5.75. The van der Waals surface area contributed by atoms with Crippen molar-refractivity contribution in [3.8, 4) is 5.75 Å². The number of hydrogen-bond donors (Lipinski definition) is 2. The van der Waals surface area contributed by atoms with Crippen LogP contribution in [0, 0.1) is 0 Å². The molecule has 116 valence electrons. The number of hydrogen-bond acceptors (Lipinski definition) is 3. The van der Waals surface area contributed by atoms with E-state index < -0.39 is 6.10 Å². The normalized spacial score (nSPS) is 18.7. The summed E-state index contributed by atoms with van der Waals surface area (Å²) in [6.45, 7) is 4.58. The fraction of sp³-hybridized carbons (Fsp3) is 0.588. The van der Waals surface area contributed by atoms with Gasteiger partial charge in [-0.3, -0.25) is 4.79 Å². The zero-order valence-electron chi connectivity index (χ0n) is 13.0. The Hall–Kier alpha value is -1.55. The van der Waals surface area contributed by atoms with Gasteiger partial charge in [0.1, 0.15) is 5.75 Å². The quantitative estimate of drug-likeness (QED) is 0.792. The number of amides is 1. The minimum atomic E-state index is -0.486. The highest BCUT2D eigenvalue weighted by molar-refractivity contribution is 5.80. The lowest BCUT2D eigenvalue weighted by atomic mass is 9.88. The molecule has 21 heavy (non-hydrogen) atoms. The van der Waals surface area contributed by atoms with Gasteiger partial charge in [0.2, 0.25) is 0 Å². The van der Waals surface area contributed by atoms with Crippen LogP contribution >= 0.6 is 0 Å². The van der Waals surface area contributed by atoms with Crippen molar-refractivity contribution in [1.29, 1.82) is 0 Å². The van der Waals surface area contributed by atoms with Crippen molar-refractivity contribution in [3.63, 3.8) is 0 Å². The number of nitrogens with two attached hydrogens (primary N) is 1. The summed E-state index contributed by atoms with van der Waals surface area (Å²) in [6, 6.07) is 6.10. The Balaban J connectivity index is 1.96. The number of benzene rings is 1. The summed E-state index contributed by atoms with van der Waals surface area (Å²) in [6.07, 6.45) is 4.81. The number of fused-ring (bicyclic) bond motifs is 1. The third-order valence-corrected chi connectivity index (χ3v) is 3.99. The van der Waals surface area contributed by atoms with E-state index in [0.717, 1.165) is 43.4 Å². The first-order chi connectivity index (χ1) is 10.1. The number of carbonyl (C=O) groups is 1. The summed E-state index contributed by atoms with van der Waals surface area (Å²) >= 11 is 0. The van der Waals surface area contributed by atoms with Crippen LogP contribution in [0.25, 0.3) is 0 Å². The third kappa shape index (κ3) is 4.21. The largest absolute Gasteiger partial charge is 0.481 e. The maximum Gasteiger partial charge on any atom is 0.260 e. The molecule has 0 saturated carbocycles.